The highest BCUT2D eigenvalue weighted by Gasteiger charge is 2.61. The lowest BCUT2D eigenvalue weighted by Gasteiger charge is -2.32. The predicted molar refractivity (Wildman–Crippen MR) is 143 cm³/mol. The highest BCUT2D eigenvalue weighted by molar-refractivity contribution is 6.39. The first-order valence-corrected chi connectivity index (χ1v) is 12.8. The Morgan fingerprint density at radius 2 is 1.74 bits per heavy atom. The number of esters is 1. The summed E-state index contributed by atoms with van der Waals surface area (Å²) in [6, 6.07) is 9.99. The second-order valence-electron chi connectivity index (χ2n) is 9.19. The van der Waals surface area contributed by atoms with Gasteiger partial charge in [0, 0.05) is 19.2 Å². The molecule has 4 nitrogen and oxygen atoms in total. The van der Waals surface area contributed by atoms with Crippen molar-refractivity contribution in [3.63, 3.8) is 0 Å². The standard InChI is InChI=1S/C29H26Cl2F3NO3/c1-4-38-27(37)28(17(2)25(28)18-8-10-20(11-9-18)29(32,33)34)21-12-13-24(19(16-21)14-15-36)35(3)26-22(30)6-5-7-23(26)31/h5-11,15-16H,4,12-14H2,1-3H3. The molecule has 200 valence electrons. The van der Waals surface area contributed by atoms with Crippen molar-refractivity contribution in [1.82, 2.24) is 0 Å². The van der Waals surface area contributed by atoms with Crippen LogP contribution in [0.4, 0.5) is 18.9 Å². The van der Waals surface area contributed by atoms with Gasteiger partial charge in [0.05, 0.1) is 27.9 Å². The summed E-state index contributed by atoms with van der Waals surface area (Å²) in [5.41, 5.74) is 2.82. The Labute approximate surface area is 229 Å². The van der Waals surface area contributed by atoms with Crippen molar-refractivity contribution in [1.29, 1.82) is 0 Å². The number of rotatable bonds is 8. The molecule has 0 aromatic heterocycles. The SMILES string of the molecule is CCOC(=O)C1(C2=CC(CC=O)=C(N(C)c3c(Cl)cccc3Cl)CC2)C(C)=C1c1ccc(C(F)(F)F)cc1. The van der Waals surface area contributed by atoms with E-state index in [1.807, 2.05) is 18.0 Å². The minimum Gasteiger partial charge on any atom is -0.465 e. The molecule has 0 saturated carbocycles. The number of benzene rings is 2. The number of carbonyl (C=O) groups excluding carboxylic acids is 2. The third-order valence-corrected chi connectivity index (χ3v) is 7.76. The van der Waals surface area contributed by atoms with Gasteiger partial charge in [-0.3, -0.25) is 4.79 Å². The summed E-state index contributed by atoms with van der Waals surface area (Å²) in [5.74, 6) is -0.477. The molecule has 2 aromatic carbocycles. The lowest BCUT2D eigenvalue weighted by atomic mass is 9.79. The fourth-order valence-corrected chi connectivity index (χ4v) is 6.01. The monoisotopic (exact) mass is 563 g/mol. The molecule has 4 rings (SSSR count). The van der Waals surface area contributed by atoms with Gasteiger partial charge in [-0.05, 0) is 78.8 Å². The number of carbonyl (C=O) groups is 2. The van der Waals surface area contributed by atoms with Gasteiger partial charge in [0.15, 0.2) is 0 Å². The largest absolute Gasteiger partial charge is 0.465 e. The highest BCUT2D eigenvalue weighted by atomic mass is 35.5. The van der Waals surface area contributed by atoms with E-state index in [0.717, 1.165) is 35.3 Å². The number of nitrogens with zero attached hydrogens (tertiary/aromatic N) is 1. The van der Waals surface area contributed by atoms with E-state index in [1.54, 1.807) is 32.0 Å². The van der Waals surface area contributed by atoms with Crippen LogP contribution in [0.1, 0.15) is 44.2 Å². The van der Waals surface area contributed by atoms with Gasteiger partial charge in [-0.2, -0.15) is 13.2 Å². The minimum atomic E-state index is -4.46. The molecule has 0 amide bonds. The molecule has 0 fully saturated rings. The van der Waals surface area contributed by atoms with E-state index in [1.165, 1.54) is 12.1 Å². The maximum atomic E-state index is 13.4. The average Bonchev–Trinajstić information content (AvgIpc) is 3.49. The number of allylic oxidation sites excluding steroid dienone is 3. The van der Waals surface area contributed by atoms with Gasteiger partial charge in [0.1, 0.15) is 11.7 Å². The van der Waals surface area contributed by atoms with Crippen molar-refractivity contribution >= 4 is 46.7 Å². The number of hydrogen-bond donors (Lipinski definition) is 0. The van der Waals surface area contributed by atoms with Crippen molar-refractivity contribution in [3.8, 4) is 0 Å². The molecule has 0 radical (unpaired) electrons. The summed E-state index contributed by atoms with van der Waals surface area (Å²) >= 11 is 12.9. The molecule has 2 aromatic rings. The predicted octanol–water partition coefficient (Wildman–Crippen LogP) is 8.05. The van der Waals surface area contributed by atoms with E-state index in [9.17, 15) is 22.8 Å². The Hall–Kier alpha value is -3.03. The molecular formula is C29H26Cl2F3NO3. The van der Waals surface area contributed by atoms with E-state index in [-0.39, 0.29) is 13.0 Å². The lowest BCUT2D eigenvalue weighted by Crippen LogP contribution is -2.29. The van der Waals surface area contributed by atoms with Gasteiger partial charge < -0.3 is 14.4 Å². The molecule has 1 unspecified atom stereocenters. The van der Waals surface area contributed by atoms with Crippen LogP contribution in [0.15, 0.2) is 71.0 Å². The third kappa shape index (κ3) is 4.78. The maximum absolute atomic E-state index is 13.4. The first-order valence-electron chi connectivity index (χ1n) is 12.1. The Bertz CT molecular complexity index is 1360. The Morgan fingerprint density at radius 3 is 2.29 bits per heavy atom. The third-order valence-electron chi connectivity index (χ3n) is 7.15. The van der Waals surface area contributed by atoms with Crippen LogP contribution in [-0.2, 0) is 20.5 Å². The minimum absolute atomic E-state index is 0.0960. The van der Waals surface area contributed by atoms with E-state index >= 15 is 0 Å². The summed E-state index contributed by atoms with van der Waals surface area (Å²) in [5, 5.41) is 0.917. The Morgan fingerprint density at radius 1 is 1.11 bits per heavy atom. The van der Waals surface area contributed by atoms with E-state index < -0.39 is 23.1 Å². The normalized spacial score (nSPS) is 19.3. The lowest BCUT2D eigenvalue weighted by molar-refractivity contribution is -0.147. The fraction of sp³-hybridized carbons (Fsp3) is 0.310. The van der Waals surface area contributed by atoms with Crippen LogP contribution in [0.3, 0.4) is 0 Å². The summed E-state index contributed by atoms with van der Waals surface area (Å²) in [6.45, 7) is 3.64. The number of alkyl halides is 3. The topological polar surface area (TPSA) is 46.6 Å². The van der Waals surface area contributed by atoms with Gasteiger partial charge in [0.25, 0.3) is 0 Å². The second kappa shape index (κ2) is 10.6. The zero-order valence-electron chi connectivity index (χ0n) is 21.1. The van der Waals surface area contributed by atoms with Crippen molar-refractivity contribution in [2.45, 2.75) is 39.3 Å². The number of ether oxygens (including phenoxy) is 1. The quantitative estimate of drug-likeness (QED) is 0.241. The van der Waals surface area contributed by atoms with Crippen molar-refractivity contribution in [2.75, 3.05) is 18.6 Å². The summed E-state index contributed by atoms with van der Waals surface area (Å²) in [4.78, 5) is 26.9. The van der Waals surface area contributed by atoms with Gasteiger partial charge in [-0.25, -0.2) is 0 Å². The Balaban J connectivity index is 1.79. The van der Waals surface area contributed by atoms with Crippen LogP contribution in [0.25, 0.3) is 5.57 Å². The van der Waals surface area contributed by atoms with Crippen LogP contribution >= 0.6 is 23.2 Å². The maximum Gasteiger partial charge on any atom is 0.416 e. The number of para-hydroxylation sites is 1. The van der Waals surface area contributed by atoms with Gasteiger partial charge in [0.2, 0.25) is 0 Å². The molecule has 0 bridgehead atoms. The van der Waals surface area contributed by atoms with Gasteiger partial charge >= 0.3 is 12.1 Å². The zero-order chi connectivity index (χ0) is 27.8. The van der Waals surface area contributed by atoms with E-state index in [0.29, 0.717) is 45.3 Å². The van der Waals surface area contributed by atoms with Crippen LogP contribution in [0.5, 0.6) is 0 Å². The van der Waals surface area contributed by atoms with Crippen LogP contribution < -0.4 is 4.90 Å². The Kier molecular flexibility index (Phi) is 7.82. The smallest absolute Gasteiger partial charge is 0.416 e. The molecule has 1 atom stereocenters. The molecule has 0 spiro atoms. The van der Waals surface area contributed by atoms with Crippen LogP contribution in [0, 0.1) is 5.41 Å². The highest BCUT2D eigenvalue weighted by Crippen LogP contribution is 2.65. The second-order valence-corrected chi connectivity index (χ2v) is 10.0. The molecule has 0 saturated heterocycles. The van der Waals surface area contributed by atoms with Crippen LogP contribution in [-0.4, -0.2) is 25.9 Å². The number of anilines is 1. The number of halogens is 5. The van der Waals surface area contributed by atoms with Crippen LogP contribution in [0.2, 0.25) is 10.0 Å². The molecule has 9 heteroatoms. The van der Waals surface area contributed by atoms with Crippen molar-refractivity contribution in [3.05, 3.63) is 92.1 Å². The number of hydrogen-bond acceptors (Lipinski definition) is 4. The zero-order valence-corrected chi connectivity index (χ0v) is 22.6. The first-order chi connectivity index (χ1) is 18.0. The number of aldehydes is 1. The average molecular weight is 564 g/mol. The fourth-order valence-electron chi connectivity index (χ4n) is 5.36. The molecule has 2 aliphatic rings. The summed E-state index contributed by atoms with van der Waals surface area (Å²) < 4.78 is 44.8. The van der Waals surface area contributed by atoms with Gasteiger partial charge in [-0.1, -0.05) is 47.5 Å². The molecular weight excluding hydrogens is 538 g/mol. The first kappa shape index (κ1) is 28.0. The van der Waals surface area contributed by atoms with Gasteiger partial charge in [-0.15, -0.1) is 0 Å². The molecule has 2 aliphatic carbocycles. The van der Waals surface area contributed by atoms with Crippen molar-refractivity contribution in [2.24, 2.45) is 5.41 Å². The molecule has 38 heavy (non-hydrogen) atoms. The summed E-state index contributed by atoms with van der Waals surface area (Å²) in [6.07, 6.45) is -0.786. The summed E-state index contributed by atoms with van der Waals surface area (Å²) in [7, 11) is 1.82. The molecule has 0 heterocycles. The molecule has 0 aliphatic heterocycles. The van der Waals surface area contributed by atoms with Crippen molar-refractivity contribution < 1.29 is 27.5 Å². The molecule has 0 N–H and O–H groups in total. The van der Waals surface area contributed by atoms with E-state index in [2.05, 4.69) is 0 Å². The van der Waals surface area contributed by atoms with E-state index in [4.69, 9.17) is 27.9 Å².